The Morgan fingerprint density at radius 1 is 0.946 bits per heavy atom. The van der Waals surface area contributed by atoms with Gasteiger partial charge in [0.2, 0.25) is 11.8 Å². The summed E-state index contributed by atoms with van der Waals surface area (Å²) in [6, 6.07) is 19.9. The highest BCUT2D eigenvalue weighted by molar-refractivity contribution is 5.91. The van der Waals surface area contributed by atoms with Crippen molar-refractivity contribution in [3.63, 3.8) is 0 Å². The summed E-state index contributed by atoms with van der Waals surface area (Å²) in [5.41, 5.74) is 10.4. The third-order valence-electron chi connectivity index (χ3n) is 7.16. The van der Waals surface area contributed by atoms with Gasteiger partial charge in [0, 0.05) is 43.1 Å². The van der Waals surface area contributed by atoms with E-state index in [0.29, 0.717) is 12.2 Å². The molecule has 1 aliphatic carbocycles. The van der Waals surface area contributed by atoms with Crippen molar-refractivity contribution in [2.45, 2.75) is 51.5 Å². The molecule has 3 N–H and O–H groups in total. The molecule has 2 amide bonds. The van der Waals surface area contributed by atoms with E-state index < -0.39 is 5.54 Å². The molecule has 0 bridgehead atoms. The molecule has 0 saturated heterocycles. The number of anilines is 1. The van der Waals surface area contributed by atoms with E-state index in [9.17, 15) is 9.59 Å². The molecule has 2 aromatic carbocycles. The number of nitrogens with two attached hydrogens (primary N) is 1. The maximum absolute atomic E-state index is 12.9. The molecule has 1 saturated carbocycles. The first kappa shape index (κ1) is 26.5. The molecule has 1 heterocycles. The van der Waals surface area contributed by atoms with Crippen LogP contribution in [0.1, 0.15) is 51.5 Å². The maximum atomic E-state index is 12.9. The minimum Gasteiger partial charge on any atom is -0.349 e. The summed E-state index contributed by atoms with van der Waals surface area (Å²) < 4.78 is 0. The summed E-state index contributed by atoms with van der Waals surface area (Å²) >= 11 is 0. The van der Waals surface area contributed by atoms with Gasteiger partial charge in [0.25, 0.3) is 0 Å². The van der Waals surface area contributed by atoms with Crippen LogP contribution in [0.25, 0.3) is 22.4 Å². The zero-order valence-electron chi connectivity index (χ0n) is 22.2. The van der Waals surface area contributed by atoms with Crippen molar-refractivity contribution in [2.75, 3.05) is 19.4 Å². The molecule has 0 aliphatic heterocycles. The van der Waals surface area contributed by atoms with Crippen LogP contribution in [0.4, 0.5) is 5.82 Å². The topological polar surface area (TPSA) is 101 Å². The second-order valence-electron chi connectivity index (χ2n) is 10.9. The predicted octanol–water partition coefficient (Wildman–Crippen LogP) is 5.23. The number of rotatable bonds is 7. The average molecular weight is 500 g/mol. The average Bonchev–Trinajstić information content (AvgIpc) is 2.88. The third-order valence-corrected chi connectivity index (χ3v) is 7.16. The van der Waals surface area contributed by atoms with Crippen molar-refractivity contribution in [3.05, 3.63) is 66.2 Å². The third kappa shape index (κ3) is 6.60. The molecule has 1 fully saturated rings. The van der Waals surface area contributed by atoms with E-state index >= 15 is 0 Å². The number of amides is 2. The molecule has 1 aromatic heterocycles. The number of benzene rings is 2. The Labute approximate surface area is 219 Å². The summed E-state index contributed by atoms with van der Waals surface area (Å²) in [6.07, 6.45) is 3.85. The summed E-state index contributed by atoms with van der Waals surface area (Å²) in [5.74, 6) is 0.901. The van der Waals surface area contributed by atoms with Gasteiger partial charge in [-0.25, -0.2) is 0 Å². The highest BCUT2D eigenvalue weighted by Gasteiger charge is 2.28. The predicted molar refractivity (Wildman–Crippen MR) is 148 cm³/mol. The van der Waals surface area contributed by atoms with Gasteiger partial charge in [-0.3, -0.25) is 9.59 Å². The van der Waals surface area contributed by atoms with Crippen LogP contribution in [0, 0.1) is 11.8 Å². The van der Waals surface area contributed by atoms with Gasteiger partial charge >= 0.3 is 0 Å². The lowest BCUT2D eigenvalue weighted by molar-refractivity contribution is -0.134. The summed E-state index contributed by atoms with van der Waals surface area (Å²) in [7, 11) is 3.60. The van der Waals surface area contributed by atoms with Crippen molar-refractivity contribution in [1.29, 1.82) is 0 Å². The molecule has 7 nitrogen and oxygen atoms in total. The van der Waals surface area contributed by atoms with Gasteiger partial charge < -0.3 is 16.0 Å². The SMILES string of the molecule is CN(C)C(=O)[C@H]1CC[C@H](CC(=O)Nc2cc(-c3ccccc3)c(-c3ccc(C(C)(C)N)cc3)nn2)CC1. The Balaban J connectivity index is 1.49. The van der Waals surface area contributed by atoms with Crippen molar-refractivity contribution < 1.29 is 9.59 Å². The van der Waals surface area contributed by atoms with Gasteiger partial charge in [-0.2, -0.15) is 0 Å². The van der Waals surface area contributed by atoms with E-state index in [0.717, 1.165) is 53.6 Å². The number of nitrogens with one attached hydrogen (secondary N) is 1. The molecular formula is C30H37N5O2. The van der Waals surface area contributed by atoms with E-state index in [2.05, 4.69) is 15.5 Å². The first-order chi connectivity index (χ1) is 17.6. The Morgan fingerprint density at radius 3 is 2.19 bits per heavy atom. The molecule has 4 rings (SSSR count). The molecule has 0 unspecified atom stereocenters. The van der Waals surface area contributed by atoms with E-state index in [1.165, 1.54) is 0 Å². The lowest BCUT2D eigenvalue weighted by Gasteiger charge is -2.29. The first-order valence-electron chi connectivity index (χ1n) is 13.0. The van der Waals surface area contributed by atoms with Crippen molar-refractivity contribution in [2.24, 2.45) is 17.6 Å². The molecule has 1 aliphatic rings. The van der Waals surface area contributed by atoms with Gasteiger partial charge in [-0.05, 0) is 62.6 Å². The highest BCUT2D eigenvalue weighted by Crippen LogP contribution is 2.34. The smallest absolute Gasteiger partial charge is 0.225 e. The van der Waals surface area contributed by atoms with Gasteiger partial charge in [-0.15, -0.1) is 10.2 Å². The summed E-state index contributed by atoms with van der Waals surface area (Å²) in [4.78, 5) is 26.8. The normalized spacial score (nSPS) is 17.8. The fourth-order valence-electron chi connectivity index (χ4n) is 5.00. The first-order valence-corrected chi connectivity index (χ1v) is 13.0. The molecule has 7 heteroatoms. The number of hydrogen-bond acceptors (Lipinski definition) is 5. The van der Waals surface area contributed by atoms with Crippen LogP contribution in [0.2, 0.25) is 0 Å². The van der Waals surface area contributed by atoms with Gasteiger partial charge in [0.1, 0.15) is 5.69 Å². The molecule has 0 atom stereocenters. The maximum Gasteiger partial charge on any atom is 0.225 e. The van der Waals surface area contributed by atoms with E-state index in [4.69, 9.17) is 5.73 Å². The minimum atomic E-state index is -0.429. The van der Waals surface area contributed by atoms with Crippen LogP contribution in [-0.4, -0.2) is 41.0 Å². The van der Waals surface area contributed by atoms with E-state index in [1.54, 1.807) is 19.0 Å². The molecular weight excluding hydrogens is 462 g/mol. The number of hydrogen-bond donors (Lipinski definition) is 2. The van der Waals surface area contributed by atoms with Crippen LogP contribution < -0.4 is 11.1 Å². The summed E-state index contributed by atoms with van der Waals surface area (Å²) in [6.45, 7) is 3.95. The second-order valence-corrected chi connectivity index (χ2v) is 10.9. The van der Waals surface area contributed by atoms with Crippen LogP contribution in [0.15, 0.2) is 60.7 Å². The Hall–Kier alpha value is -3.58. The lowest BCUT2D eigenvalue weighted by atomic mass is 9.80. The molecule has 0 radical (unpaired) electrons. The van der Waals surface area contributed by atoms with E-state index in [1.807, 2.05) is 74.5 Å². The van der Waals surface area contributed by atoms with Gasteiger partial charge in [0.05, 0.1) is 0 Å². The number of nitrogens with zero attached hydrogens (tertiary/aromatic N) is 3. The van der Waals surface area contributed by atoms with Crippen molar-refractivity contribution >= 4 is 17.6 Å². The Morgan fingerprint density at radius 2 is 1.59 bits per heavy atom. The Bertz CT molecular complexity index is 1230. The van der Waals surface area contributed by atoms with Crippen LogP contribution in [0.5, 0.6) is 0 Å². The fourth-order valence-corrected chi connectivity index (χ4v) is 5.00. The quantitative estimate of drug-likeness (QED) is 0.464. The Kier molecular flexibility index (Phi) is 8.03. The monoisotopic (exact) mass is 499 g/mol. The minimum absolute atomic E-state index is 0.0713. The zero-order valence-corrected chi connectivity index (χ0v) is 22.2. The number of carbonyl (C=O) groups excluding carboxylic acids is 2. The molecule has 0 spiro atoms. The van der Waals surface area contributed by atoms with Crippen LogP contribution in [-0.2, 0) is 15.1 Å². The largest absolute Gasteiger partial charge is 0.349 e. The van der Waals surface area contributed by atoms with Crippen LogP contribution >= 0.6 is 0 Å². The van der Waals surface area contributed by atoms with Gasteiger partial charge in [-0.1, -0.05) is 54.6 Å². The molecule has 3 aromatic rings. The molecule has 37 heavy (non-hydrogen) atoms. The van der Waals surface area contributed by atoms with Gasteiger partial charge in [0.15, 0.2) is 5.82 Å². The molecule has 194 valence electrons. The fraction of sp³-hybridized carbons (Fsp3) is 0.400. The summed E-state index contributed by atoms with van der Waals surface area (Å²) in [5, 5.41) is 11.8. The highest BCUT2D eigenvalue weighted by atomic mass is 16.2. The standard InChI is InChI=1S/C30H37N5O2/c1-30(2,31)24-16-14-22(15-17-24)28-25(21-8-6-5-7-9-21)19-26(33-34-28)32-27(36)18-20-10-12-23(13-11-20)29(37)35(3)4/h5-9,14-17,19-20,23H,10-13,18,31H2,1-4H3,(H,32,33,36)/t20-,23-. The van der Waals surface area contributed by atoms with Crippen molar-refractivity contribution in [1.82, 2.24) is 15.1 Å². The number of aromatic nitrogens is 2. The van der Waals surface area contributed by atoms with Crippen LogP contribution in [0.3, 0.4) is 0 Å². The zero-order chi connectivity index (χ0) is 26.6. The second kappa shape index (κ2) is 11.2. The number of carbonyl (C=O) groups is 2. The van der Waals surface area contributed by atoms with Crippen molar-refractivity contribution in [3.8, 4) is 22.4 Å². The van der Waals surface area contributed by atoms with E-state index in [-0.39, 0.29) is 23.7 Å². The lowest BCUT2D eigenvalue weighted by Crippen LogP contribution is -2.32.